The Morgan fingerprint density at radius 1 is 1.32 bits per heavy atom. The van der Waals surface area contributed by atoms with Gasteiger partial charge in [-0.15, -0.1) is 0 Å². The molecule has 0 aliphatic carbocycles. The molecule has 0 fully saturated rings. The van der Waals surface area contributed by atoms with E-state index in [1.54, 1.807) is 24.3 Å². The zero-order chi connectivity index (χ0) is 14.1. The van der Waals surface area contributed by atoms with Crippen LogP contribution in [0.15, 0.2) is 24.3 Å². The Balaban J connectivity index is 2.26. The third-order valence-electron chi connectivity index (χ3n) is 2.51. The number of rotatable bonds is 8. The molecule has 6 nitrogen and oxygen atoms in total. The van der Waals surface area contributed by atoms with Gasteiger partial charge in [-0.25, -0.2) is 0 Å². The summed E-state index contributed by atoms with van der Waals surface area (Å²) < 4.78 is 5.01. The number of nitrogens with two attached hydrogens (primary N) is 1. The maximum absolute atomic E-state index is 11.7. The van der Waals surface area contributed by atoms with Crippen molar-refractivity contribution in [3.05, 3.63) is 29.8 Å². The Kier molecular flexibility index (Phi) is 6.88. The first-order valence-corrected chi connectivity index (χ1v) is 6.13. The molecular weight excluding hydrogens is 248 g/mol. The molecule has 0 heterocycles. The molecule has 6 heteroatoms. The molecule has 1 atom stereocenters. The van der Waals surface area contributed by atoms with Crippen molar-refractivity contribution in [2.24, 2.45) is 5.73 Å². The van der Waals surface area contributed by atoms with Crippen LogP contribution < -0.4 is 11.1 Å². The molecule has 0 aromatic heterocycles. The number of ether oxygens (including phenoxy) is 1. The predicted molar refractivity (Wildman–Crippen MR) is 70.7 cm³/mol. The van der Waals surface area contributed by atoms with E-state index < -0.39 is 6.04 Å². The molecule has 0 spiro atoms. The van der Waals surface area contributed by atoms with Crippen LogP contribution in [0.4, 0.5) is 0 Å². The largest absolute Gasteiger partial charge is 0.508 e. The van der Waals surface area contributed by atoms with Crippen LogP contribution >= 0.6 is 0 Å². The molecular formula is C13H20N2O4. The lowest BCUT2D eigenvalue weighted by Gasteiger charge is -2.12. The summed E-state index contributed by atoms with van der Waals surface area (Å²) in [7, 11) is 0. The van der Waals surface area contributed by atoms with Crippen LogP contribution in [0.2, 0.25) is 0 Å². The number of hydrogen-bond acceptors (Lipinski definition) is 5. The number of phenolic OH excluding ortho intramolecular Hbond substituents is 1. The van der Waals surface area contributed by atoms with Crippen molar-refractivity contribution in [1.82, 2.24) is 5.32 Å². The molecule has 106 valence electrons. The SMILES string of the molecule is N[C@H](Cc1ccc(O)cc1)C(=O)NCCOCCO. The summed E-state index contributed by atoms with van der Waals surface area (Å²) in [5.74, 6) is -0.0662. The van der Waals surface area contributed by atoms with Crippen molar-refractivity contribution < 1.29 is 19.7 Å². The van der Waals surface area contributed by atoms with Gasteiger partial charge in [-0.05, 0) is 24.1 Å². The lowest BCUT2D eigenvalue weighted by atomic mass is 10.1. The first-order valence-electron chi connectivity index (χ1n) is 6.13. The van der Waals surface area contributed by atoms with Gasteiger partial charge in [-0.2, -0.15) is 0 Å². The van der Waals surface area contributed by atoms with Crippen molar-refractivity contribution in [2.75, 3.05) is 26.4 Å². The third-order valence-corrected chi connectivity index (χ3v) is 2.51. The minimum absolute atomic E-state index is 0.0334. The minimum atomic E-state index is -0.637. The number of hydrogen-bond donors (Lipinski definition) is 4. The standard InChI is InChI=1S/C13H20N2O4/c14-12(9-10-1-3-11(17)4-2-10)13(18)15-5-7-19-8-6-16/h1-4,12,16-17H,5-9,14H2,(H,15,18)/t12-/m1/s1. The number of carbonyl (C=O) groups is 1. The number of phenols is 1. The average Bonchev–Trinajstić information content (AvgIpc) is 2.41. The molecule has 0 saturated heterocycles. The number of amides is 1. The molecule has 0 aliphatic heterocycles. The van der Waals surface area contributed by atoms with E-state index in [0.717, 1.165) is 5.56 Å². The summed E-state index contributed by atoms with van der Waals surface area (Å²) in [6.07, 6.45) is 0.406. The lowest BCUT2D eigenvalue weighted by Crippen LogP contribution is -2.43. The summed E-state index contributed by atoms with van der Waals surface area (Å²) in [6.45, 7) is 0.935. The van der Waals surface area contributed by atoms with E-state index in [1.807, 2.05) is 0 Å². The normalized spacial score (nSPS) is 12.1. The molecule has 0 saturated carbocycles. The van der Waals surface area contributed by atoms with Crippen LogP contribution in [-0.2, 0) is 16.0 Å². The van der Waals surface area contributed by atoms with Gasteiger partial charge in [0, 0.05) is 6.54 Å². The molecule has 0 aliphatic rings. The first-order chi connectivity index (χ1) is 9.13. The minimum Gasteiger partial charge on any atom is -0.508 e. The summed E-state index contributed by atoms with van der Waals surface area (Å²) in [5, 5.41) is 20.3. The van der Waals surface area contributed by atoms with Gasteiger partial charge in [0.15, 0.2) is 0 Å². The predicted octanol–water partition coefficient (Wildman–Crippen LogP) is -0.613. The van der Waals surface area contributed by atoms with Crippen molar-refractivity contribution in [3.8, 4) is 5.75 Å². The number of aliphatic hydroxyl groups is 1. The highest BCUT2D eigenvalue weighted by atomic mass is 16.5. The number of aromatic hydroxyl groups is 1. The number of benzene rings is 1. The van der Waals surface area contributed by atoms with Crippen LogP contribution in [0.25, 0.3) is 0 Å². The fourth-order valence-electron chi connectivity index (χ4n) is 1.52. The molecule has 1 aromatic rings. The number of nitrogens with one attached hydrogen (secondary N) is 1. The molecule has 5 N–H and O–H groups in total. The quantitative estimate of drug-likeness (QED) is 0.471. The maximum Gasteiger partial charge on any atom is 0.237 e. The zero-order valence-electron chi connectivity index (χ0n) is 10.7. The van der Waals surface area contributed by atoms with Crippen LogP contribution in [-0.4, -0.2) is 48.5 Å². The van der Waals surface area contributed by atoms with E-state index in [0.29, 0.717) is 19.6 Å². The van der Waals surface area contributed by atoms with E-state index >= 15 is 0 Å². The van der Waals surface area contributed by atoms with Crippen molar-refractivity contribution in [3.63, 3.8) is 0 Å². The smallest absolute Gasteiger partial charge is 0.237 e. The number of aliphatic hydroxyl groups excluding tert-OH is 1. The Morgan fingerprint density at radius 2 is 2.00 bits per heavy atom. The van der Waals surface area contributed by atoms with Crippen LogP contribution in [0.1, 0.15) is 5.56 Å². The Labute approximate surface area is 112 Å². The van der Waals surface area contributed by atoms with E-state index in [-0.39, 0.29) is 24.9 Å². The summed E-state index contributed by atoms with van der Waals surface area (Å²) in [4.78, 5) is 11.7. The number of carbonyl (C=O) groups excluding carboxylic acids is 1. The topological polar surface area (TPSA) is 105 Å². The van der Waals surface area contributed by atoms with E-state index in [4.69, 9.17) is 20.7 Å². The zero-order valence-corrected chi connectivity index (χ0v) is 10.7. The average molecular weight is 268 g/mol. The van der Waals surface area contributed by atoms with Crippen LogP contribution in [0, 0.1) is 0 Å². The van der Waals surface area contributed by atoms with Crippen molar-refractivity contribution in [1.29, 1.82) is 0 Å². The second-order valence-electron chi connectivity index (χ2n) is 4.10. The van der Waals surface area contributed by atoms with Gasteiger partial charge in [0.1, 0.15) is 5.75 Å². The molecule has 0 radical (unpaired) electrons. The molecule has 0 unspecified atom stereocenters. The second-order valence-corrected chi connectivity index (χ2v) is 4.10. The highest BCUT2D eigenvalue weighted by Gasteiger charge is 2.13. The lowest BCUT2D eigenvalue weighted by molar-refractivity contribution is -0.122. The van der Waals surface area contributed by atoms with Crippen molar-refractivity contribution in [2.45, 2.75) is 12.5 Å². The molecule has 1 rings (SSSR count). The molecule has 1 aromatic carbocycles. The van der Waals surface area contributed by atoms with Gasteiger partial charge in [0.05, 0.1) is 25.9 Å². The van der Waals surface area contributed by atoms with Crippen LogP contribution in [0.3, 0.4) is 0 Å². The Bertz CT molecular complexity index is 381. The molecule has 1 amide bonds. The monoisotopic (exact) mass is 268 g/mol. The molecule has 0 bridgehead atoms. The van der Waals surface area contributed by atoms with E-state index in [1.165, 1.54) is 0 Å². The summed E-state index contributed by atoms with van der Waals surface area (Å²) in [6, 6.07) is 5.94. The van der Waals surface area contributed by atoms with Gasteiger partial charge in [-0.1, -0.05) is 12.1 Å². The van der Waals surface area contributed by atoms with Gasteiger partial charge < -0.3 is 26.0 Å². The Hall–Kier alpha value is -1.63. The third kappa shape index (κ3) is 6.19. The van der Waals surface area contributed by atoms with E-state index in [2.05, 4.69) is 5.32 Å². The van der Waals surface area contributed by atoms with Gasteiger partial charge in [0.25, 0.3) is 0 Å². The van der Waals surface area contributed by atoms with Crippen molar-refractivity contribution >= 4 is 5.91 Å². The van der Waals surface area contributed by atoms with Gasteiger partial charge in [-0.3, -0.25) is 4.79 Å². The summed E-state index contributed by atoms with van der Waals surface area (Å²) in [5.41, 5.74) is 6.66. The fraction of sp³-hybridized carbons (Fsp3) is 0.462. The first kappa shape index (κ1) is 15.4. The Morgan fingerprint density at radius 3 is 2.63 bits per heavy atom. The van der Waals surface area contributed by atoms with Gasteiger partial charge in [0.2, 0.25) is 5.91 Å². The highest BCUT2D eigenvalue weighted by molar-refractivity contribution is 5.81. The van der Waals surface area contributed by atoms with E-state index in [9.17, 15) is 4.79 Å². The summed E-state index contributed by atoms with van der Waals surface area (Å²) >= 11 is 0. The maximum atomic E-state index is 11.7. The van der Waals surface area contributed by atoms with Gasteiger partial charge >= 0.3 is 0 Å². The molecule has 19 heavy (non-hydrogen) atoms. The van der Waals surface area contributed by atoms with Crippen LogP contribution in [0.5, 0.6) is 5.75 Å². The highest BCUT2D eigenvalue weighted by Crippen LogP contribution is 2.10. The second kappa shape index (κ2) is 8.47. The fourth-order valence-corrected chi connectivity index (χ4v) is 1.52.